The fourth-order valence-corrected chi connectivity index (χ4v) is 2.90. The molecule has 0 fully saturated rings. The van der Waals surface area contributed by atoms with Crippen LogP contribution in [0.3, 0.4) is 0 Å². The van der Waals surface area contributed by atoms with E-state index in [1.54, 1.807) is 6.92 Å². The van der Waals surface area contributed by atoms with E-state index in [0.29, 0.717) is 12.3 Å². The molecule has 0 radical (unpaired) electrons. The summed E-state index contributed by atoms with van der Waals surface area (Å²) in [4.78, 5) is 12.2. The molecule has 0 bridgehead atoms. The summed E-state index contributed by atoms with van der Waals surface area (Å²) >= 11 is 0. The highest BCUT2D eigenvalue weighted by Crippen LogP contribution is 2.21. The Bertz CT molecular complexity index is 866. The number of benzene rings is 2. The van der Waals surface area contributed by atoms with Gasteiger partial charge in [0.1, 0.15) is 5.75 Å². The molecular formula is C20H23N3O2. The van der Waals surface area contributed by atoms with Crippen molar-refractivity contribution in [2.45, 2.75) is 33.3 Å². The van der Waals surface area contributed by atoms with Gasteiger partial charge in [-0.2, -0.15) is 5.10 Å². The van der Waals surface area contributed by atoms with E-state index in [4.69, 9.17) is 4.74 Å². The molecule has 5 heteroatoms. The first-order valence-electron chi connectivity index (χ1n) is 8.48. The number of aromatic amines is 1. The summed E-state index contributed by atoms with van der Waals surface area (Å²) < 4.78 is 5.79. The average molecular weight is 337 g/mol. The van der Waals surface area contributed by atoms with E-state index < -0.39 is 6.10 Å². The number of hydrogen-bond donors (Lipinski definition) is 2. The molecule has 0 aliphatic rings. The SMILES string of the molecule is Cc1n[nH]c(C)c1CCNC(=O)[C@@H](C)Oc1ccc2ccccc2c1. The minimum atomic E-state index is -0.548. The van der Waals surface area contributed by atoms with Crippen molar-refractivity contribution in [2.75, 3.05) is 6.54 Å². The van der Waals surface area contributed by atoms with Crippen LogP contribution in [0, 0.1) is 13.8 Å². The summed E-state index contributed by atoms with van der Waals surface area (Å²) in [6, 6.07) is 13.9. The van der Waals surface area contributed by atoms with Crippen molar-refractivity contribution in [1.82, 2.24) is 15.5 Å². The number of carbonyl (C=O) groups excluding carboxylic acids is 1. The van der Waals surface area contributed by atoms with Crippen LogP contribution in [0.5, 0.6) is 5.75 Å². The fourth-order valence-electron chi connectivity index (χ4n) is 2.90. The summed E-state index contributed by atoms with van der Waals surface area (Å²) in [7, 11) is 0. The number of carbonyl (C=O) groups is 1. The number of fused-ring (bicyclic) bond motifs is 1. The normalized spacial score (nSPS) is 12.1. The van der Waals surface area contributed by atoms with Crippen molar-refractivity contribution < 1.29 is 9.53 Å². The lowest BCUT2D eigenvalue weighted by Crippen LogP contribution is -2.37. The lowest BCUT2D eigenvalue weighted by atomic mass is 10.1. The lowest BCUT2D eigenvalue weighted by Gasteiger charge is -2.15. The Balaban J connectivity index is 1.54. The first-order valence-corrected chi connectivity index (χ1v) is 8.48. The van der Waals surface area contributed by atoms with E-state index in [1.807, 2.05) is 50.2 Å². The van der Waals surface area contributed by atoms with E-state index >= 15 is 0 Å². The number of rotatable bonds is 6. The molecule has 1 aromatic heterocycles. The zero-order chi connectivity index (χ0) is 17.8. The predicted octanol–water partition coefficient (Wildman–Crippen LogP) is 3.31. The Morgan fingerprint density at radius 3 is 2.68 bits per heavy atom. The van der Waals surface area contributed by atoms with Crippen LogP contribution in [0.1, 0.15) is 23.9 Å². The van der Waals surface area contributed by atoms with Gasteiger partial charge in [0.25, 0.3) is 5.91 Å². The number of ether oxygens (including phenoxy) is 1. The summed E-state index contributed by atoms with van der Waals surface area (Å²) in [6.45, 7) is 6.28. The Morgan fingerprint density at radius 2 is 1.96 bits per heavy atom. The second-order valence-electron chi connectivity index (χ2n) is 6.22. The maximum absolute atomic E-state index is 12.2. The van der Waals surface area contributed by atoms with Crippen molar-refractivity contribution >= 4 is 16.7 Å². The van der Waals surface area contributed by atoms with E-state index in [1.165, 1.54) is 0 Å². The Morgan fingerprint density at radius 1 is 1.20 bits per heavy atom. The maximum Gasteiger partial charge on any atom is 0.260 e. The summed E-state index contributed by atoms with van der Waals surface area (Å²) in [6.07, 6.45) is 0.204. The van der Waals surface area contributed by atoms with Crippen LogP contribution in [0.15, 0.2) is 42.5 Å². The van der Waals surface area contributed by atoms with Crippen molar-refractivity contribution in [3.8, 4) is 5.75 Å². The van der Waals surface area contributed by atoms with Crippen molar-refractivity contribution in [3.63, 3.8) is 0 Å². The first-order chi connectivity index (χ1) is 12.0. The number of H-pyrrole nitrogens is 1. The summed E-state index contributed by atoms with van der Waals surface area (Å²) in [5.41, 5.74) is 3.18. The van der Waals surface area contributed by atoms with Crippen LogP contribution in [0.25, 0.3) is 10.8 Å². The van der Waals surface area contributed by atoms with Crippen LogP contribution in [-0.4, -0.2) is 28.8 Å². The molecule has 0 saturated heterocycles. The molecule has 2 N–H and O–H groups in total. The molecule has 0 aliphatic carbocycles. The Hall–Kier alpha value is -2.82. The molecule has 130 valence electrons. The minimum Gasteiger partial charge on any atom is -0.481 e. The zero-order valence-corrected chi connectivity index (χ0v) is 14.8. The van der Waals surface area contributed by atoms with Gasteiger partial charge in [-0.1, -0.05) is 30.3 Å². The molecule has 0 saturated carbocycles. The minimum absolute atomic E-state index is 0.119. The third-order valence-electron chi connectivity index (χ3n) is 4.36. The molecule has 2 aromatic carbocycles. The van der Waals surface area contributed by atoms with Crippen LogP contribution < -0.4 is 10.1 Å². The molecule has 3 aromatic rings. The zero-order valence-electron chi connectivity index (χ0n) is 14.8. The van der Waals surface area contributed by atoms with Crippen molar-refractivity contribution in [2.24, 2.45) is 0 Å². The second kappa shape index (κ2) is 7.38. The molecular weight excluding hydrogens is 314 g/mol. The first kappa shape index (κ1) is 17.0. The Labute approximate surface area is 147 Å². The van der Waals surface area contributed by atoms with Crippen LogP contribution in [0.2, 0.25) is 0 Å². The molecule has 0 spiro atoms. The van der Waals surface area contributed by atoms with Gasteiger partial charge < -0.3 is 10.1 Å². The molecule has 0 unspecified atom stereocenters. The largest absolute Gasteiger partial charge is 0.481 e. The van der Waals surface area contributed by atoms with Gasteiger partial charge >= 0.3 is 0 Å². The van der Waals surface area contributed by atoms with Gasteiger partial charge in [0, 0.05) is 12.2 Å². The van der Waals surface area contributed by atoms with E-state index in [2.05, 4.69) is 21.6 Å². The number of nitrogens with zero attached hydrogens (tertiary/aromatic N) is 1. The van der Waals surface area contributed by atoms with Gasteiger partial charge in [0.15, 0.2) is 6.10 Å². The lowest BCUT2D eigenvalue weighted by molar-refractivity contribution is -0.127. The molecule has 5 nitrogen and oxygen atoms in total. The van der Waals surface area contributed by atoms with Gasteiger partial charge in [0.2, 0.25) is 0 Å². The summed E-state index contributed by atoms with van der Waals surface area (Å²) in [5.74, 6) is 0.579. The highest BCUT2D eigenvalue weighted by atomic mass is 16.5. The third-order valence-corrected chi connectivity index (χ3v) is 4.36. The second-order valence-corrected chi connectivity index (χ2v) is 6.22. The topological polar surface area (TPSA) is 67.0 Å². The molecule has 1 atom stereocenters. The molecule has 25 heavy (non-hydrogen) atoms. The average Bonchev–Trinajstić information content (AvgIpc) is 2.93. The quantitative estimate of drug-likeness (QED) is 0.725. The number of hydrogen-bond acceptors (Lipinski definition) is 3. The van der Waals surface area contributed by atoms with E-state index in [0.717, 1.165) is 34.1 Å². The predicted molar refractivity (Wildman–Crippen MR) is 98.8 cm³/mol. The van der Waals surface area contributed by atoms with Crippen molar-refractivity contribution in [1.29, 1.82) is 0 Å². The van der Waals surface area contributed by atoms with Crippen molar-refractivity contribution in [3.05, 3.63) is 59.4 Å². The smallest absolute Gasteiger partial charge is 0.260 e. The van der Waals surface area contributed by atoms with Gasteiger partial charge in [0.05, 0.1) is 5.69 Å². The number of aryl methyl sites for hydroxylation is 2. The number of amides is 1. The van der Waals surface area contributed by atoms with E-state index in [-0.39, 0.29) is 5.91 Å². The maximum atomic E-state index is 12.2. The third kappa shape index (κ3) is 3.99. The van der Waals surface area contributed by atoms with Gasteiger partial charge in [-0.05, 0) is 55.7 Å². The molecule has 1 heterocycles. The Kier molecular flexibility index (Phi) is 5.03. The number of nitrogens with one attached hydrogen (secondary N) is 2. The van der Waals surface area contributed by atoms with E-state index in [9.17, 15) is 4.79 Å². The highest BCUT2D eigenvalue weighted by molar-refractivity contribution is 5.84. The molecule has 1 amide bonds. The van der Waals surface area contributed by atoms with Crippen LogP contribution in [0.4, 0.5) is 0 Å². The van der Waals surface area contributed by atoms with Gasteiger partial charge in [-0.15, -0.1) is 0 Å². The standard InChI is InChI=1S/C20H23N3O2/c1-13-19(14(2)23-22-13)10-11-21-20(24)15(3)25-18-9-8-16-6-4-5-7-17(16)12-18/h4-9,12,15H,10-11H2,1-3H3,(H,21,24)(H,22,23)/t15-/m1/s1. The van der Waals surface area contributed by atoms with Gasteiger partial charge in [-0.25, -0.2) is 0 Å². The highest BCUT2D eigenvalue weighted by Gasteiger charge is 2.15. The van der Waals surface area contributed by atoms with Gasteiger partial charge in [-0.3, -0.25) is 9.89 Å². The summed E-state index contributed by atoms with van der Waals surface area (Å²) in [5, 5.41) is 12.3. The number of aromatic nitrogens is 2. The molecule has 0 aliphatic heterocycles. The van der Waals surface area contributed by atoms with Crippen LogP contribution in [-0.2, 0) is 11.2 Å². The monoisotopic (exact) mass is 337 g/mol. The molecule has 3 rings (SSSR count). The fraction of sp³-hybridized carbons (Fsp3) is 0.300. The van der Waals surface area contributed by atoms with Crippen LogP contribution >= 0.6 is 0 Å².